The van der Waals surface area contributed by atoms with E-state index in [0.29, 0.717) is 17.8 Å². The summed E-state index contributed by atoms with van der Waals surface area (Å²) in [6.07, 6.45) is 0. The van der Waals surface area contributed by atoms with Gasteiger partial charge in [0.05, 0.1) is 5.69 Å². The molecular weight excluding hydrogens is 302 g/mol. The van der Waals surface area contributed by atoms with E-state index in [-0.39, 0.29) is 11.5 Å². The van der Waals surface area contributed by atoms with Crippen LogP contribution in [0.15, 0.2) is 71.5 Å². The number of rotatable bonds is 4. The van der Waals surface area contributed by atoms with Gasteiger partial charge in [-0.3, -0.25) is 9.59 Å². The minimum atomic E-state index is -0.157. The van der Waals surface area contributed by atoms with Crippen LogP contribution in [0.5, 0.6) is 0 Å². The van der Waals surface area contributed by atoms with Crippen LogP contribution >= 0.6 is 0 Å². The minimum absolute atomic E-state index is 0.126. The lowest BCUT2D eigenvalue weighted by molar-refractivity contribution is 0.0951. The average molecular weight is 319 g/mol. The summed E-state index contributed by atoms with van der Waals surface area (Å²) in [6.45, 7) is 0.490. The molecule has 0 fully saturated rings. The summed E-state index contributed by atoms with van der Waals surface area (Å²) in [4.78, 5) is 23.6. The topological polar surface area (TPSA) is 64.0 Å². The maximum absolute atomic E-state index is 12.2. The minimum Gasteiger partial charge on any atom is -0.348 e. The first-order chi connectivity index (χ1) is 11.6. The second-order valence-corrected chi connectivity index (χ2v) is 5.43. The van der Waals surface area contributed by atoms with Crippen molar-refractivity contribution in [2.75, 3.05) is 0 Å². The van der Waals surface area contributed by atoms with Crippen LogP contribution in [0.4, 0.5) is 0 Å². The molecule has 0 saturated carbocycles. The van der Waals surface area contributed by atoms with E-state index in [1.54, 1.807) is 25.2 Å². The Morgan fingerprint density at radius 1 is 1.00 bits per heavy atom. The molecule has 5 heteroatoms. The Morgan fingerprint density at radius 3 is 2.38 bits per heavy atom. The van der Waals surface area contributed by atoms with Gasteiger partial charge in [-0.15, -0.1) is 0 Å². The van der Waals surface area contributed by atoms with Crippen molar-refractivity contribution < 1.29 is 4.79 Å². The largest absolute Gasteiger partial charge is 0.348 e. The monoisotopic (exact) mass is 319 g/mol. The smallest absolute Gasteiger partial charge is 0.266 e. The molecule has 2 aromatic carbocycles. The van der Waals surface area contributed by atoms with E-state index in [4.69, 9.17) is 0 Å². The molecule has 1 N–H and O–H groups in total. The molecule has 120 valence electrons. The number of carbonyl (C=O) groups is 1. The van der Waals surface area contributed by atoms with Crippen molar-refractivity contribution in [2.45, 2.75) is 6.54 Å². The number of amides is 1. The zero-order valence-corrected chi connectivity index (χ0v) is 13.3. The van der Waals surface area contributed by atoms with Crippen LogP contribution in [0.1, 0.15) is 15.9 Å². The number of aryl methyl sites for hydroxylation is 1. The van der Waals surface area contributed by atoms with Gasteiger partial charge in [-0.05, 0) is 23.8 Å². The Kier molecular flexibility index (Phi) is 4.52. The third-order valence-electron chi connectivity index (χ3n) is 3.70. The van der Waals surface area contributed by atoms with Crippen LogP contribution in [-0.4, -0.2) is 15.7 Å². The van der Waals surface area contributed by atoms with Crippen LogP contribution in [0.2, 0.25) is 0 Å². The number of hydrogen-bond donors (Lipinski definition) is 1. The molecule has 0 saturated heterocycles. The number of nitrogens with one attached hydrogen (secondary N) is 1. The molecule has 0 unspecified atom stereocenters. The maximum Gasteiger partial charge on any atom is 0.266 e. The third kappa shape index (κ3) is 3.57. The number of nitrogens with zero attached hydrogens (tertiary/aromatic N) is 2. The van der Waals surface area contributed by atoms with Gasteiger partial charge in [0.2, 0.25) is 0 Å². The summed E-state index contributed by atoms with van der Waals surface area (Å²) in [5, 5.41) is 7.09. The van der Waals surface area contributed by atoms with Gasteiger partial charge < -0.3 is 5.32 Å². The number of hydrogen-bond acceptors (Lipinski definition) is 3. The van der Waals surface area contributed by atoms with Crippen molar-refractivity contribution in [1.82, 2.24) is 15.1 Å². The second kappa shape index (κ2) is 6.91. The van der Waals surface area contributed by atoms with Gasteiger partial charge in [-0.2, -0.15) is 5.10 Å². The van der Waals surface area contributed by atoms with Crippen molar-refractivity contribution >= 4 is 5.91 Å². The van der Waals surface area contributed by atoms with Crippen molar-refractivity contribution in [1.29, 1.82) is 0 Å². The van der Waals surface area contributed by atoms with E-state index < -0.39 is 0 Å². The summed E-state index contributed by atoms with van der Waals surface area (Å²) in [6, 6.07) is 20.1. The van der Waals surface area contributed by atoms with Crippen LogP contribution in [-0.2, 0) is 13.6 Å². The summed E-state index contributed by atoms with van der Waals surface area (Å²) in [5.74, 6) is -0.126. The molecule has 1 amide bonds. The van der Waals surface area contributed by atoms with Gasteiger partial charge in [0.15, 0.2) is 0 Å². The Bertz CT molecular complexity index is 900. The highest BCUT2D eigenvalue weighted by Crippen LogP contribution is 2.16. The Hall–Kier alpha value is -3.21. The molecule has 0 bridgehead atoms. The fraction of sp³-hybridized carbons (Fsp3) is 0.105. The lowest BCUT2D eigenvalue weighted by Crippen LogP contribution is -2.22. The highest BCUT2D eigenvalue weighted by Gasteiger charge is 2.07. The molecule has 1 aromatic heterocycles. The molecular formula is C19H17N3O2. The summed E-state index contributed by atoms with van der Waals surface area (Å²) in [7, 11) is 1.61. The maximum atomic E-state index is 12.2. The van der Waals surface area contributed by atoms with E-state index in [2.05, 4.69) is 10.4 Å². The summed E-state index contributed by atoms with van der Waals surface area (Å²) < 4.78 is 1.29. The van der Waals surface area contributed by atoms with Crippen LogP contribution < -0.4 is 10.9 Å². The Labute approximate surface area is 139 Å². The third-order valence-corrected chi connectivity index (χ3v) is 3.70. The fourth-order valence-electron chi connectivity index (χ4n) is 2.33. The Balaban J connectivity index is 1.70. The highest BCUT2D eigenvalue weighted by molar-refractivity contribution is 5.94. The zero-order chi connectivity index (χ0) is 16.9. The molecule has 3 aromatic rings. The molecule has 0 aliphatic rings. The normalized spacial score (nSPS) is 10.4. The first-order valence-corrected chi connectivity index (χ1v) is 7.60. The molecule has 1 heterocycles. The zero-order valence-electron chi connectivity index (χ0n) is 13.3. The second-order valence-electron chi connectivity index (χ2n) is 5.43. The summed E-state index contributed by atoms with van der Waals surface area (Å²) in [5.41, 5.74) is 3.02. The van der Waals surface area contributed by atoms with Gasteiger partial charge >= 0.3 is 0 Å². The van der Waals surface area contributed by atoms with Crippen molar-refractivity contribution in [3.05, 3.63) is 88.2 Å². The lowest BCUT2D eigenvalue weighted by Gasteiger charge is -2.07. The van der Waals surface area contributed by atoms with Crippen molar-refractivity contribution in [2.24, 2.45) is 7.05 Å². The van der Waals surface area contributed by atoms with Crippen LogP contribution in [0.3, 0.4) is 0 Å². The number of carbonyl (C=O) groups excluding carboxylic acids is 1. The molecule has 0 aliphatic heterocycles. The van der Waals surface area contributed by atoms with E-state index in [9.17, 15) is 9.59 Å². The van der Waals surface area contributed by atoms with Gasteiger partial charge in [0.1, 0.15) is 0 Å². The Morgan fingerprint density at radius 2 is 1.71 bits per heavy atom. The fourth-order valence-corrected chi connectivity index (χ4v) is 2.33. The van der Waals surface area contributed by atoms with E-state index >= 15 is 0 Å². The van der Waals surface area contributed by atoms with Crippen LogP contribution in [0.25, 0.3) is 11.3 Å². The van der Waals surface area contributed by atoms with Gasteiger partial charge in [-0.1, -0.05) is 42.5 Å². The lowest BCUT2D eigenvalue weighted by atomic mass is 10.1. The van der Waals surface area contributed by atoms with Crippen molar-refractivity contribution in [3.8, 4) is 11.3 Å². The predicted molar refractivity (Wildman–Crippen MR) is 92.5 cm³/mol. The number of aromatic nitrogens is 2. The number of benzene rings is 2. The summed E-state index contributed by atoms with van der Waals surface area (Å²) >= 11 is 0. The molecule has 24 heavy (non-hydrogen) atoms. The highest BCUT2D eigenvalue weighted by atomic mass is 16.1. The van der Waals surface area contributed by atoms with Crippen molar-refractivity contribution in [3.63, 3.8) is 0 Å². The van der Waals surface area contributed by atoms with E-state index in [1.807, 2.05) is 42.5 Å². The van der Waals surface area contributed by atoms with Gasteiger partial charge in [0.25, 0.3) is 11.5 Å². The van der Waals surface area contributed by atoms with Gasteiger partial charge in [0, 0.05) is 30.8 Å². The standard InChI is InChI=1S/C19H17N3O2/c1-22-18(23)12-11-17(21-22)15-7-9-16(10-8-15)19(24)20-13-14-5-3-2-4-6-14/h2-12H,13H2,1H3,(H,20,24). The predicted octanol–water partition coefficient (Wildman–Crippen LogP) is 2.38. The molecule has 0 spiro atoms. The first kappa shape index (κ1) is 15.7. The van der Waals surface area contributed by atoms with Gasteiger partial charge in [-0.25, -0.2) is 4.68 Å². The molecule has 5 nitrogen and oxygen atoms in total. The van der Waals surface area contributed by atoms with Crippen LogP contribution in [0, 0.1) is 0 Å². The molecule has 0 radical (unpaired) electrons. The SMILES string of the molecule is Cn1nc(-c2ccc(C(=O)NCc3ccccc3)cc2)ccc1=O. The van der Waals surface area contributed by atoms with E-state index in [1.165, 1.54) is 10.7 Å². The molecule has 3 rings (SSSR count). The molecule has 0 aliphatic carbocycles. The average Bonchev–Trinajstić information content (AvgIpc) is 2.63. The molecule has 0 atom stereocenters. The quantitative estimate of drug-likeness (QED) is 0.803. The first-order valence-electron chi connectivity index (χ1n) is 7.60. The van der Waals surface area contributed by atoms with E-state index in [0.717, 1.165) is 11.1 Å².